The number of nitrogens with one attached hydrogen (secondary N) is 1. The van der Waals surface area contributed by atoms with E-state index in [0.29, 0.717) is 5.02 Å². The van der Waals surface area contributed by atoms with Crippen LogP contribution in [0.4, 0.5) is 0 Å². The molecule has 1 N–H and O–H groups in total. The number of rotatable bonds is 4. The van der Waals surface area contributed by atoms with Crippen molar-refractivity contribution in [3.05, 3.63) is 52.6 Å². The van der Waals surface area contributed by atoms with Crippen molar-refractivity contribution in [2.45, 2.75) is 26.3 Å². The van der Waals surface area contributed by atoms with Gasteiger partial charge in [-0.05, 0) is 50.6 Å². The summed E-state index contributed by atoms with van der Waals surface area (Å²) in [6.07, 6.45) is 3.89. The van der Waals surface area contributed by atoms with Crippen LogP contribution in [0.15, 0.2) is 30.5 Å². The van der Waals surface area contributed by atoms with Crippen LogP contribution in [-0.4, -0.2) is 33.7 Å². The smallest absolute Gasteiger partial charge is 0.167 e. The lowest BCUT2D eigenvalue weighted by atomic mass is 9.90. The van der Waals surface area contributed by atoms with Crippen molar-refractivity contribution in [2.75, 3.05) is 13.1 Å². The van der Waals surface area contributed by atoms with E-state index in [-0.39, 0.29) is 11.7 Å². The quantitative estimate of drug-likeness (QED) is 0.878. The molecule has 4 nitrogen and oxygen atoms in total. The van der Waals surface area contributed by atoms with Gasteiger partial charge in [-0.2, -0.15) is 0 Å². The molecule has 0 radical (unpaired) electrons. The average Bonchev–Trinajstić information content (AvgIpc) is 2.93. The van der Waals surface area contributed by atoms with Gasteiger partial charge in [-0.25, -0.2) is 4.98 Å². The lowest BCUT2D eigenvalue weighted by molar-refractivity contribution is 0.0810. The molecule has 0 bridgehead atoms. The fourth-order valence-electron chi connectivity index (χ4n) is 3.06. The van der Waals surface area contributed by atoms with Crippen molar-refractivity contribution in [1.29, 1.82) is 0 Å². The molecule has 0 aliphatic carbocycles. The van der Waals surface area contributed by atoms with Gasteiger partial charge in [-0.15, -0.1) is 0 Å². The number of aromatic amines is 1. The minimum absolute atomic E-state index is 0.0685. The fraction of sp³-hybridized carbons (Fsp3) is 0.412. The van der Waals surface area contributed by atoms with Crippen LogP contribution < -0.4 is 0 Å². The summed E-state index contributed by atoms with van der Waals surface area (Å²) in [5, 5.41) is 0.663. The van der Waals surface area contributed by atoms with E-state index in [1.165, 1.54) is 0 Å². The van der Waals surface area contributed by atoms with Crippen LogP contribution in [0.2, 0.25) is 5.02 Å². The van der Waals surface area contributed by atoms with Gasteiger partial charge in [-0.3, -0.25) is 9.69 Å². The molecule has 0 spiro atoms. The van der Waals surface area contributed by atoms with Crippen LogP contribution in [0.5, 0.6) is 0 Å². The Kier molecular flexibility index (Phi) is 4.60. The second-order valence-corrected chi connectivity index (χ2v) is 6.38. The summed E-state index contributed by atoms with van der Waals surface area (Å²) in [6.45, 7) is 4.61. The van der Waals surface area contributed by atoms with E-state index in [4.69, 9.17) is 11.6 Å². The summed E-state index contributed by atoms with van der Waals surface area (Å²) in [4.78, 5) is 22.4. The number of benzene rings is 1. The molecule has 2 aromatic rings. The SMILES string of the molecule is Cc1ncc(CN2CCCC(C(=O)c3ccc(Cl)cc3)C2)[nH]1. The molecule has 1 aliphatic heterocycles. The number of H-pyrrole nitrogens is 1. The summed E-state index contributed by atoms with van der Waals surface area (Å²) in [7, 11) is 0. The minimum atomic E-state index is 0.0685. The number of piperidine rings is 1. The molecule has 2 heterocycles. The first-order valence-corrected chi connectivity index (χ1v) is 8.02. The van der Waals surface area contributed by atoms with Gasteiger partial charge < -0.3 is 4.98 Å². The molecule has 0 amide bonds. The molecule has 1 aromatic heterocycles. The topological polar surface area (TPSA) is 49.0 Å². The van der Waals surface area contributed by atoms with E-state index in [2.05, 4.69) is 14.9 Å². The zero-order chi connectivity index (χ0) is 15.5. The summed E-state index contributed by atoms with van der Waals surface area (Å²) < 4.78 is 0. The number of hydrogen-bond donors (Lipinski definition) is 1. The lowest BCUT2D eigenvalue weighted by Crippen LogP contribution is -2.38. The number of aryl methyl sites for hydroxylation is 1. The lowest BCUT2D eigenvalue weighted by Gasteiger charge is -2.31. The average molecular weight is 318 g/mol. The molecule has 1 atom stereocenters. The van der Waals surface area contributed by atoms with Crippen LogP contribution in [0, 0.1) is 12.8 Å². The van der Waals surface area contributed by atoms with Crippen molar-refractivity contribution in [3.8, 4) is 0 Å². The van der Waals surface area contributed by atoms with Gasteiger partial charge in [0, 0.05) is 41.5 Å². The van der Waals surface area contributed by atoms with Gasteiger partial charge in [0.25, 0.3) is 0 Å². The molecule has 1 unspecified atom stereocenters. The van der Waals surface area contributed by atoms with Crippen molar-refractivity contribution in [1.82, 2.24) is 14.9 Å². The molecule has 5 heteroatoms. The highest BCUT2D eigenvalue weighted by molar-refractivity contribution is 6.30. The van der Waals surface area contributed by atoms with Crippen molar-refractivity contribution < 1.29 is 4.79 Å². The Labute approximate surface area is 135 Å². The molecule has 1 fully saturated rings. The molecule has 1 aliphatic rings. The molecule has 3 rings (SSSR count). The maximum atomic E-state index is 12.6. The highest BCUT2D eigenvalue weighted by Gasteiger charge is 2.26. The largest absolute Gasteiger partial charge is 0.345 e. The number of carbonyl (C=O) groups excluding carboxylic acids is 1. The Morgan fingerprint density at radius 3 is 2.86 bits per heavy atom. The number of aromatic nitrogens is 2. The first kappa shape index (κ1) is 15.3. The van der Waals surface area contributed by atoms with Gasteiger partial charge in [-0.1, -0.05) is 11.6 Å². The van der Waals surface area contributed by atoms with Gasteiger partial charge >= 0.3 is 0 Å². The Balaban J connectivity index is 1.64. The first-order chi connectivity index (χ1) is 10.6. The summed E-state index contributed by atoms with van der Waals surface area (Å²) in [6, 6.07) is 7.20. The normalized spacial score (nSPS) is 19.3. The van der Waals surface area contributed by atoms with E-state index < -0.39 is 0 Å². The fourth-order valence-corrected chi connectivity index (χ4v) is 3.18. The molecule has 22 heavy (non-hydrogen) atoms. The summed E-state index contributed by atoms with van der Waals surface area (Å²) in [5.41, 5.74) is 1.87. The maximum absolute atomic E-state index is 12.6. The van der Waals surface area contributed by atoms with Crippen molar-refractivity contribution in [3.63, 3.8) is 0 Å². The van der Waals surface area contributed by atoms with E-state index >= 15 is 0 Å². The number of carbonyl (C=O) groups is 1. The summed E-state index contributed by atoms with van der Waals surface area (Å²) >= 11 is 5.89. The predicted molar refractivity (Wildman–Crippen MR) is 87.1 cm³/mol. The van der Waals surface area contributed by atoms with E-state index in [9.17, 15) is 4.79 Å². The first-order valence-electron chi connectivity index (χ1n) is 7.64. The van der Waals surface area contributed by atoms with E-state index in [1.807, 2.05) is 25.3 Å². The minimum Gasteiger partial charge on any atom is -0.345 e. The molecule has 116 valence electrons. The van der Waals surface area contributed by atoms with Crippen molar-refractivity contribution >= 4 is 17.4 Å². The second-order valence-electron chi connectivity index (χ2n) is 5.94. The molecule has 1 aromatic carbocycles. The van der Waals surface area contributed by atoms with Gasteiger partial charge in [0.2, 0.25) is 0 Å². The predicted octanol–water partition coefficient (Wildman–Crippen LogP) is 3.47. The molecular formula is C17H20ClN3O. The number of ketones is 1. The van der Waals surface area contributed by atoms with Crippen LogP contribution in [0.1, 0.15) is 34.7 Å². The van der Waals surface area contributed by atoms with Crippen LogP contribution >= 0.6 is 11.6 Å². The zero-order valence-corrected chi connectivity index (χ0v) is 13.4. The number of imidazole rings is 1. The Morgan fingerprint density at radius 2 is 2.18 bits per heavy atom. The Hall–Kier alpha value is -1.65. The van der Waals surface area contributed by atoms with Crippen LogP contribution in [0.3, 0.4) is 0 Å². The number of halogens is 1. The molecule has 1 saturated heterocycles. The summed E-state index contributed by atoms with van der Waals surface area (Å²) in [5.74, 6) is 1.22. The van der Waals surface area contributed by atoms with Gasteiger partial charge in [0.1, 0.15) is 5.82 Å². The van der Waals surface area contributed by atoms with E-state index in [0.717, 1.165) is 49.6 Å². The van der Waals surface area contributed by atoms with Gasteiger partial charge in [0.15, 0.2) is 5.78 Å². The highest BCUT2D eigenvalue weighted by atomic mass is 35.5. The Morgan fingerprint density at radius 1 is 1.41 bits per heavy atom. The molecular weight excluding hydrogens is 298 g/mol. The highest BCUT2D eigenvalue weighted by Crippen LogP contribution is 2.23. The maximum Gasteiger partial charge on any atom is 0.167 e. The zero-order valence-electron chi connectivity index (χ0n) is 12.7. The number of nitrogens with zero attached hydrogens (tertiary/aromatic N) is 2. The molecule has 0 saturated carbocycles. The van der Waals surface area contributed by atoms with Crippen LogP contribution in [0.25, 0.3) is 0 Å². The Bertz CT molecular complexity index is 650. The second kappa shape index (κ2) is 6.63. The van der Waals surface area contributed by atoms with Gasteiger partial charge in [0.05, 0.1) is 0 Å². The van der Waals surface area contributed by atoms with Crippen molar-refractivity contribution in [2.24, 2.45) is 5.92 Å². The number of likely N-dealkylation sites (tertiary alicyclic amines) is 1. The third-order valence-electron chi connectivity index (χ3n) is 4.15. The third kappa shape index (κ3) is 3.57. The third-order valence-corrected chi connectivity index (χ3v) is 4.41. The standard InChI is InChI=1S/C17H20ClN3O/c1-12-19-9-16(20-12)11-21-8-2-3-14(10-21)17(22)13-4-6-15(18)7-5-13/h4-7,9,14H,2-3,8,10-11H2,1H3,(H,19,20). The number of hydrogen-bond acceptors (Lipinski definition) is 3. The number of Topliss-reactive ketones (excluding diaryl/α,β-unsaturated/α-hetero) is 1. The monoisotopic (exact) mass is 317 g/mol. The van der Waals surface area contributed by atoms with Crippen LogP contribution in [-0.2, 0) is 6.54 Å². The van der Waals surface area contributed by atoms with E-state index in [1.54, 1.807) is 12.1 Å².